The van der Waals surface area contributed by atoms with Crippen molar-refractivity contribution in [3.05, 3.63) is 24.0 Å². The summed E-state index contributed by atoms with van der Waals surface area (Å²) in [7, 11) is -1.07. The van der Waals surface area contributed by atoms with Crippen LogP contribution in [0.1, 0.15) is 30.3 Å². The van der Waals surface area contributed by atoms with Gasteiger partial charge in [-0.25, -0.2) is 8.42 Å². The van der Waals surface area contributed by atoms with E-state index in [4.69, 9.17) is 0 Å². The Morgan fingerprint density at radius 3 is 2.90 bits per heavy atom. The van der Waals surface area contributed by atoms with Gasteiger partial charge in [0.1, 0.15) is 5.69 Å². The first-order valence-corrected chi connectivity index (χ1v) is 8.92. The number of sulfone groups is 1. The van der Waals surface area contributed by atoms with Gasteiger partial charge in [-0.3, -0.25) is 9.78 Å². The van der Waals surface area contributed by atoms with Gasteiger partial charge in [0.05, 0.1) is 11.5 Å². The van der Waals surface area contributed by atoms with Gasteiger partial charge in [-0.2, -0.15) is 0 Å². The Kier molecular flexibility index (Phi) is 4.82. The van der Waals surface area contributed by atoms with Crippen LogP contribution in [-0.4, -0.2) is 50.4 Å². The van der Waals surface area contributed by atoms with E-state index in [0.29, 0.717) is 18.7 Å². The van der Waals surface area contributed by atoms with Crippen LogP contribution in [0.2, 0.25) is 0 Å². The third kappa shape index (κ3) is 3.93. The highest BCUT2D eigenvalue weighted by Crippen LogP contribution is 2.23. The summed E-state index contributed by atoms with van der Waals surface area (Å²) in [4.78, 5) is 17.9. The molecule has 6 nitrogen and oxygen atoms in total. The third-order valence-electron chi connectivity index (χ3n) is 3.68. The Bertz CT molecular complexity index is 616. The summed E-state index contributed by atoms with van der Waals surface area (Å²) in [6.45, 7) is 2.60. The Balaban J connectivity index is 2.12. The SMILES string of the molecule is CCCNC(=O)c1cc(N(C)C2CCS(=O)(=O)C2)ccn1. The van der Waals surface area contributed by atoms with Gasteiger partial charge in [0.15, 0.2) is 9.84 Å². The van der Waals surface area contributed by atoms with Crippen molar-refractivity contribution in [1.29, 1.82) is 0 Å². The maximum absolute atomic E-state index is 11.9. The third-order valence-corrected chi connectivity index (χ3v) is 5.43. The van der Waals surface area contributed by atoms with Crippen molar-refractivity contribution in [1.82, 2.24) is 10.3 Å². The summed E-state index contributed by atoms with van der Waals surface area (Å²) >= 11 is 0. The minimum atomic E-state index is -2.92. The van der Waals surface area contributed by atoms with Gasteiger partial charge in [-0.1, -0.05) is 6.92 Å². The van der Waals surface area contributed by atoms with Gasteiger partial charge in [-0.15, -0.1) is 0 Å². The number of carbonyl (C=O) groups is 1. The van der Waals surface area contributed by atoms with Crippen LogP contribution in [0.5, 0.6) is 0 Å². The predicted octanol–water partition coefficient (Wildman–Crippen LogP) is 0.845. The molecule has 21 heavy (non-hydrogen) atoms. The van der Waals surface area contributed by atoms with E-state index in [9.17, 15) is 13.2 Å². The van der Waals surface area contributed by atoms with E-state index in [0.717, 1.165) is 12.1 Å². The van der Waals surface area contributed by atoms with E-state index >= 15 is 0 Å². The molecule has 1 amide bonds. The highest BCUT2D eigenvalue weighted by atomic mass is 32.2. The lowest BCUT2D eigenvalue weighted by Crippen LogP contribution is -2.33. The molecular formula is C14H21N3O3S. The van der Waals surface area contributed by atoms with E-state index in [1.807, 2.05) is 18.9 Å². The Morgan fingerprint density at radius 2 is 2.29 bits per heavy atom. The topological polar surface area (TPSA) is 79.4 Å². The highest BCUT2D eigenvalue weighted by Gasteiger charge is 2.31. The fourth-order valence-corrected chi connectivity index (χ4v) is 4.16. The lowest BCUT2D eigenvalue weighted by molar-refractivity contribution is 0.0948. The molecule has 0 saturated carbocycles. The predicted molar refractivity (Wildman–Crippen MR) is 82.3 cm³/mol. The van der Waals surface area contributed by atoms with Crippen molar-refractivity contribution in [2.75, 3.05) is 30.0 Å². The molecule has 0 aliphatic carbocycles. The maximum atomic E-state index is 11.9. The standard InChI is InChI=1S/C14H21N3O3S/c1-3-6-16-14(18)13-9-11(4-7-15-13)17(2)12-5-8-21(19,20)10-12/h4,7,9,12H,3,5-6,8,10H2,1-2H3,(H,16,18). The van der Waals surface area contributed by atoms with Gasteiger partial charge in [0.2, 0.25) is 0 Å². The molecule has 2 rings (SSSR count). The number of hydrogen-bond acceptors (Lipinski definition) is 5. The van der Waals surface area contributed by atoms with E-state index in [1.54, 1.807) is 18.3 Å². The molecule has 2 heterocycles. The van der Waals surface area contributed by atoms with Crippen LogP contribution in [0.15, 0.2) is 18.3 Å². The van der Waals surface area contributed by atoms with Crippen molar-refractivity contribution in [3.8, 4) is 0 Å². The van der Waals surface area contributed by atoms with E-state index in [2.05, 4.69) is 10.3 Å². The van der Waals surface area contributed by atoms with Crippen molar-refractivity contribution in [2.45, 2.75) is 25.8 Å². The van der Waals surface area contributed by atoms with Gasteiger partial charge in [0, 0.05) is 31.5 Å². The molecule has 7 heteroatoms. The molecule has 1 unspecified atom stereocenters. The average Bonchev–Trinajstić information content (AvgIpc) is 2.84. The van der Waals surface area contributed by atoms with Gasteiger partial charge in [0.25, 0.3) is 5.91 Å². The minimum absolute atomic E-state index is 0.0380. The Morgan fingerprint density at radius 1 is 1.52 bits per heavy atom. The second-order valence-electron chi connectivity index (χ2n) is 5.32. The quantitative estimate of drug-likeness (QED) is 0.872. The van der Waals surface area contributed by atoms with Gasteiger partial charge in [-0.05, 0) is 25.0 Å². The first-order chi connectivity index (χ1) is 9.93. The molecule has 0 radical (unpaired) electrons. The van der Waals surface area contributed by atoms with Crippen molar-refractivity contribution >= 4 is 21.4 Å². The van der Waals surface area contributed by atoms with E-state index in [-0.39, 0.29) is 23.5 Å². The number of anilines is 1. The second kappa shape index (κ2) is 6.43. The summed E-state index contributed by atoms with van der Waals surface area (Å²) in [5.74, 6) is 0.200. The smallest absolute Gasteiger partial charge is 0.269 e. The second-order valence-corrected chi connectivity index (χ2v) is 7.55. The number of nitrogens with one attached hydrogen (secondary N) is 1. The van der Waals surface area contributed by atoms with Crippen LogP contribution < -0.4 is 10.2 Å². The normalized spacial score (nSPS) is 20.2. The number of pyridine rings is 1. The van der Waals surface area contributed by atoms with Gasteiger partial charge >= 0.3 is 0 Å². The summed E-state index contributed by atoms with van der Waals surface area (Å²) in [6, 6.07) is 3.46. The molecule has 1 aliphatic rings. The molecule has 0 aromatic carbocycles. The molecule has 1 N–H and O–H groups in total. The summed E-state index contributed by atoms with van der Waals surface area (Å²) in [5, 5.41) is 2.78. The van der Waals surface area contributed by atoms with Crippen LogP contribution >= 0.6 is 0 Å². The van der Waals surface area contributed by atoms with Crippen molar-refractivity contribution in [3.63, 3.8) is 0 Å². The molecule has 1 saturated heterocycles. The van der Waals surface area contributed by atoms with Gasteiger partial charge < -0.3 is 10.2 Å². The zero-order chi connectivity index (χ0) is 15.5. The molecule has 0 bridgehead atoms. The highest BCUT2D eigenvalue weighted by molar-refractivity contribution is 7.91. The summed E-state index contributed by atoms with van der Waals surface area (Å²) in [5.41, 5.74) is 1.17. The monoisotopic (exact) mass is 311 g/mol. The van der Waals surface area contributed by atoms with Crippen LogP contribution in [0.25, 0.3) is 0 Å². The lowest BCUT2D eigenvalue weighted by Gasteiger charge is -2.25. The number of carbonyl (C=O) groups excluding carboxylic acids is 1. The number of amides is 1. The van der Waals surface area contributed by atoms with E-state index < -0.39 is 9.84 Å². The molecule has 1 aliphatic heterocycles. The number of rotatable bonds is 5. The number of hydrogen-bond donors (Lipinski definition) is 1. The molecule has 0 spiro atoms. The first-order valence-electron chi connectivity index (χ1n) is 7.10. The van der Waals surface area contributed by atoms with Crippen LogP contribution in [0.3, 0.4) is 0 Å². The fourth-order valence-electron chi connectivity index (χ4n) is 2.38. The molecule has 116 valence electrons. The molecule has 1 fully saturated rings. The summed E-state index contributed by atoms with van der Waals surface area (Å²) < 4.78 is 23.1. The molecule has 1 aromatic heterocycles. The summed E-state index contributed by atoms with van der Waals surface area (Å²) in [6.07, 6.45) is 3.07. The molecular weight excluding hydrogens is 290 g/mol. The largest absolute Gasteiger partial charge is 0.370 e. The zero-order valence-corrected chi connectivity index (χ0v) is 13.2. The minimum Gasteiger partial charge on any atom is -0.370 e. The molecule has 1 atom stereocenters. The maximum Gasteiger partial charge on any atom is 0.269 e. The Labute approximate surface area is 125 Å². The molecule has 1 aromatic rings. The van der Waals surface area contributed by atoms with Crippen molar-refractivity contribution in [2.24, 2.45) is 0 Å². The first kappa shape index (κ1) is 15.8. The van der Waals surface area contributed by atoms with Crippen LogP contribution in [0, 0.1) is 0 Å². The van der Waals surface area contributed by atoms with Crippen molar-refractivity contribution < 1.29 is 13.2 Å². The van der Waals surface area contributed by atoms with Crippen LogP contribution in [0.4, 0.5) is 5.69 Å². The number of aromatic nitrogens is 1. The van der Waals surface area contributed by atoms with Crippen LogP contribution in [-0.2, 0) is 9.84 Å². The average molecular weight is 311 g/mol. The van der Waals surface area contributed by atoms with E-state index in [1.165, 1.54) is 0 Å². The number of nitrogens with zero attached hydrogens (tertiary/aromatic N) is 2. The fraction of sp³-hybridized carbons (Fsp3) is 0.571. The lowest BCUT2D eigenvalue weighted by atomic mass is 10.2. The zero-order valence-electron chi connectivity index (χ0n) is 12.4. The Hall–Kier alpha value is -1.63.